The lowest BCUT2D eigenvalue weighted by atomic mass is 10.1. The molecule has 0 atom stereocenters. The normalized spacial score (nSPS) is 12.2. The molecule has 5 nitrogen and oxygen atoms in total. The maximum atomic E-state index is 6.71. The van der Waals surface area contributed by atoms with Gasteiger partial charge in [-0.15, -0.1) is 0 Å². The van der Waals surface area contributed by atoms with E-state index in [0.717, 1.165) is 66.3 Å². The molecule has 10 aromatic rings. The van der Waals surface area contributed by atoms with Gasteiger partial charge >= 0.3 is 0 Å². The fourth-order valence-electron chi connectivity index (χ4n) is 6.96. The first kappa shape index (κ1) is 22.7. The van der Waals surface area contributed by atoms with Crippen LogP contribution in [0.5, 0.6) is 0 Å². The Morgan fingerprint density at radius 1 is 0.512 bits per heavy atom. The van der Waals surface area contributed by atoms with Gasteiger partial charge < -0.3 is 8.98 Å². The lowest BCUT2D eigenvalue weighted by molar-refractivity contribution is 0.671. The molecule has 200 valence electrons. The first-order chi connectivity index (χ1) is 21.3. The SMILES string of the molecule is c1ccc2nc(-n3c4ccccc4c4c(-n5c6ccccc6c6ccccc65)cc5c6ccccc6oc5c43)cnc2c1. The van der Waals surface area contributed by atoms with Crippen LogP contribution in [0.1, 0.15) is 0 Å². The molecule has 6 aromatic carbocycles. The number of benzene rings is 6. The van der Waals surface area contributed by atoms with Crippen LogP contribution in [-0.4, -0.2) is 19.1 Å². The summed E-state index contributed by atoms with van der Waals surface area (Å²) < 4.78 is 11.4. The molecular formula is C38H22N4O. The van der Waals surface area contributed by atoms with Crippen LogP contribution in [0.25, 0.3) is 88.1 Å². The van der Waals surface area contributed by atoms with Crippen LogP contribution in [-0.2, 0) is 0 Å². The van der Waals surface area contributed by atoms with Gasteiger partial charge in [-0.05, 0) is 42.5 Å². The van der Waals surface area contributed by atoms with Crippen molar-refractivity contribution < 1.29 is 4.42 Å². The molecule has 10 rings (SSSR count). The molecule has 0 spiro atoms. The highest BCUT2D eigenvalue weighted by Gasteiger charge is 2.25. The predicted molar refractivity (Wildman–Crippen MR) is 175 cm³/mol. The summed E-state index contributed by atoms with van der Waals surface area (Å²) in [7, 11) is 0. The number of aromatic nitrogens is 4. The van der Waals surface area contributed by atoms with Gasteiger partial charge in [-0.2, -0.15) is 0 Å². The first-order valence-corrected chi connectivity index (χ1v) is 14.4. The Morgan fingerprint density at radius 2 is 1.09 bits per heavy atom. The van der Waals surface area contributed by atoms with Crippen molar-refractivity contribution in [1.29, 1.82) is 0 Å². The van der Waals surface area contributed by atoms with Crippen LogP contribution in [0.15, 0.2) is 138 Å². The molecule has 4 aromatic heterocycles. The summed E-state index contributed by atoms with van der Waals surface area (Å²) in [4.78, 5) is 9.93. The molecule has 0 bridgehead atoms. The molecule has 4 heterocycles. The molecule has 0 amide bonds. The molecule has 0 fully saturated rings. The van der Waals surface area contributed by atoms with Crippen molar-refractivity contribution in [1.82, 2.24) is 19.1 Å². The molecule has 43 heavy (non-hydrogen) atoms. The van der Waals surface area contributed by atoms with Gasteiger partial charge in [0.2, 0.25) is 0 Å². The summed E-state index contributed by atoms with van der Waals surface area (Å²) in [5, 5.41) is 6.86. The summed E-state index contributed by atoms with van der Waals surface area (Å²) in [5.74, 6) is 0.756. The number of rotatable bonds is 2. The Hall–Kier alpha value is -5.94. The summed E-state index contributed by atoms with van der Waals surface area (Å²) in [6.07, 6.45) is 1.87. The van der Waals surface area contributed by atoms with Gasteiger partial charge in [0.15, 0.2) is 11.4 Å². The van der Waals surface area contributed by atoms with Gasteiger partial charge in [0.1, 0.15) is 11.1 Å². The van der Waals surface area contributed by atoms with Crippen molar-refractivity contribution in [2.75, 3.05) is 0 Å². The Kier molecular flexibility index (Phi) is 4.39. The molecule has 0 saturated carbocycles. The third-order valence-corrected chi connectivity index (χ3v) is 8.75. The van der Waals surface area contributed by atoms with E-state index in [1.54, 1.807) is 0 Å². The van der Waals surface area contributed by atoms with Gasteiger partial charge in [-0.3, -0.25) is 9.55 Å². The van der Waals surface area contributed by atoms with Gasteiger partial charge in [0, 0.05) is 32.3 Å². The van der Waals surface area contributed by atoms with Crippen molar-refractivity contribution in [3.63, 3.8) is 0 Å². The van der Waals surface area contributed by atoms with Crippen molar-refractivity contribution >= 4 is 76.6 Å². The average molecular weight is 551 g/mol. The summed E-state index contributed by atoms with van der Waals surface area (Å²) in [6, 6.07) is 44.5. The number of furan rings is 1. The van der Waals surface area contributed by atoms with Crippen LogP contribution < -0.4 is 0 Å². The van der Waals surface area contributed by atoms with Crippen LogP contribution in [0.3, 0.4) is 0 Å². The Labute approximate surface area is 244 Å². The molecule has 0 unspecified atom stereocenters. The zero-order valence-electron chi connectivity index (χ0n) is 22.9. The minimum Gasteiger partial charge on any atom is -0.454 e. The molecule has 0 radical (unpaired) electrons. The zero-order chi connectivity index (χ0) is 28.1. The number of nitrogens with zero attached hydrogens (tertiary/aromatic N) is 4. The predicted octanol–water partition coefficient (Wildman–Crippen LogP) is 9.72. The van der Waals surface area contributed by atoms with E-state index in [9.17, 15) is 0 Å². The molecule has 0 saturated heterocycles. The van der Waals surface area contributed by atoms with E-state index in [0.29, 0.717) is 0 Å². The average Bonchev–Trinajstić information content (AvgIpc) is 3.72. The zero-order valence-corrected chi connectivity index (χ0v) is 22.9. The lowest BCUT2D eigenvalue weighted by Gasteiger charge is -2.12. The van der Waals surface area contributed by atoms with Gasteiger partial charge in [-0.1, -0.05) is 84.9 Å². The smallest absolute Gasteiger partial charge is 0.160 e. The van der Waals surface area contributed by atoms with E-state index in [-0.39, 0.29) is 0 Å². The fraction of sp³-hybridized carbons (Fsp3) is 0. The van der Waals surface area contributed by atoms with Gasteiger partial charge in [-0.25, -0.2) is 4.98 Å². The highest BCUT2D eigenvalue weighted by Crippen LogP contribution is 2.45. The quantitative estimate of drug-likeness (QED) is 0.215. The Bertz CT molecular complexity index is 2690. The standard InChI is InChI=1S/C38H22N4O/c1-7-17-30-23(11-1)24-12-2-8-18-31(24)41(30)33-21-27-25-13-4-10-20-34(25)43-38(27)37-36(33)26-14-3-9-19-32(26)42(37)35-22-39-28-15-5-6-16-29(28)40-35/h1-22H. The third kappa shape index (κ3) is 3.00. The van der Waals surface area contributed by atoms with E-state index in [4.69, 9.17) is 14.4 Å². The number of hydrogen-bond donors (Lipinski definition) is 0. The maximum absolute atomic E-state index is 6.71. The second-order valence-corrected chi connectivity index (χ2v) is 11.0. The third-order valence-electron chi connectivity index (χ3n) is 8.75. The summed E-state index contributed by atoms with van der Waals surface area (Å²) >= 11 is 0. The minimum atomic E-state index is 0.756. The minimum absolute atomic E-state index is 0.756. The topological polar surface area (TPSA) is 48.8 Å². The van der Waals surface area contributed by atoms with Crippen molar-refractivity contribution in [3.05, 3.63) is 134 Å². The molecule has 0 N–H and O–H groups in total. The Morgan fingerprint density at radius 3 is 1.84 bits per heavy atom. The number of hydrogen-bond acceptors (Lipinski definition) is 3. The molecule has 0 aliphatic rings. The second-order valence-electron chi connectivity index (χ2n) is 11.0. The van der Waals surface area contributed by atoms with Crippen molar-refractivity contribution in [3.8, 4) is 11.5 Å². The van der Waals surface area contributed by atoms with E-state index >= 15 is 0 Å². The van der Waals surface area contributed by atoms with Gasteiger partial charge in [0.25, 0.3) is 0 Å². The highest BCUT2D eigenvalue weighted by molar-refractivity contribution is 6.25. The largest absolute Gasteiger partial charge is 0.454 e. The van der Waals surface area contributed by atoms with E-state index in [1.807, 2.05) is 42.6 Å². The van der Waals surface area contributed by atoms with Crippen LogP contribution >= 0.6 is 0 Å². The molecular weight excluding hydrogens is 528 g/mol. The second kappa shape index (κ2) is 8.30. The number of para-hydroxylation sites is 6. The van der Waals surface area contributed by atoms with E-state index < -0.39 is 0 Å². The van der Waals surface area contributed by atoms with Crippen LogP contribution in [0.2, 0.25) is 0 Å². The maximum Gasteiger partial charge on any atom is 0.160 e. The summed E-state index contributed by atoms with van der Waals surface area (Å²) in [5.41, 5.74) is 8.89. The highest BCUT2D eigenvalue weighted by atomic mass is 16.3. The lowest BCUT2D eigenvalue weighted by Crippen LogP contribution is -2.00. The van der Waals surface area contributed by atoms with Crippen molar-refractivity contribution in [2.24, 2.45) is 0 Å². The first-order valence-electron chi connectivity index (χ1n) is 14.4. The fourth-order valence-corrected chi connectivity index (χ4v) is 6.96. The molecule has 0 aliphatic heterocycles. The van der Waals surface area contributed by atoms with Crippen molar-refractivity contribution in [2.45, 2.75) is 0 Å². The van der Waals surface area contributed by atoms with Crippen LogP contribution in [0.4, 0.5) is 0 Å². The Balaban J connectivity index is 1.48. The molecule has 5 heteroatoms. The number of fused-ring (bicyclic) bond motifs is 11. The van der Waals surface area contributed by atoms with Gasteiger partial charge in [0.05, 0.1) is 39.5 Å². The van der Waals surface area contributed by atoms with E-state index in [1.165, 1.54) is 21.8 Å². The van der Waals surface area contributed by atoms with E-state index in [2.05, 4.69) is 100 Å². The molecule has 0 aliphatic carbocycles. The monoisotopic (exact) mass is 550 g/mol. The summed E-state index contributed by atoms with van der Waals surface area (Å²) in [6.45, 7) is 0. The van der Waals surface area contributed by atoms with Crippen LogP contribution in [0, 0.1) is 0 Å².